The quantitative estimate of drug-likeness (QED) is 0.864. The van der Waals surface area contributed by atoms with Gasteiger partial charge < -0.3 is 0 Å². The fraction of sp³-hybridized carbons (Fsp3) is 0.231. The molecule has 1 atom stereocenters. The normalized spacial score (nSPS) is 18.0. The lowest BCUT2D eigenvalue weighted by Crippen LogP contribution is -2.29. The van der Waals surface area contributed by atoms with Gasteiger partial charge in [-0.05, 0) is 24.6 Å². The van der Waals surface area contributed by atoms with Crippen LogP contribution >= 0.6 is 11.8 Å². The summed E-state index contributed by atoms with van der Waals surface area (Å²) in [5.41, 5.74) is 4.61. The molecule has 1 heterocycles. The molecule has 0 saturated heterocycles. The Balaban J connectivity index is 2.15. The molecule has 1 aromatic carbocycles. The Labute approximate surface area is 125 Å². The van der Waals surface area contributed by atoms with Gasteiger partial charge in [0, 0.05) is 0 Å². The summed E-state index contributed by atoms with van der Waals surface area (Å²) in [6, 6.07) is 9.35. The van der Waals surface area contributed by atoms with Gasteiger partial charge in [-0.2, -0.15) is 25.9 Å². The number of rotatable bonds is 3. The van der Waals surface area contributed by atoms with Crippen LogP contribution in [0.5, 0.6) is 0 Å². The van der Waals surface area contributed by atoms with E-state index in [1.807, 2.05) is 6.92 Å². The number of thioether (sulfide) groups is 1. The first-order valence-corrected chi connectivity index (χ1v) is 6.86. The van der Waals surface area contributed by atoms with Crippen LogP contribution in [0.1, 0.15) is 12.5 Å². The lowest BCUT2D eigenvalue weighted by molar-refractivity contribution is 0.261. The third-order valence-electron chi connectivity index (χ3n) is 2.63. The van der Waals surface area contributed by atoms with Crippen molar-refractivity contribution in [1.82, 2.24) is 5.43 Å². The molecule has 104 valence electrons. The van der Waals surface area contributed by atoms with Gasteiger partial charge in [-0.25, -0.2) is 5.43 Å². The maximum absolute atomic E-state index is 11.2. The summed E-state index contributed by atoms with van der Waals surface area (Å²) in [6.45, 7) is 1.90. The van der Waals surface area contributed by atoms with E-state index in [1.54, 1.807) is 36.4 Å². The van der Waals surface area contributed by atoms with Crippen molar-refractivity contribution in [1.29, 1.82) is 10.5 Å². The van der Waals surface area contributed by atoms with Gasteiger partial charge in [0.1, 0.15) is 12.1 Å². The summed E-state index contributed by atoms with van der Waals surface area (Å²) in [4.78, 5) is 11.2. The minimum atomic E-state index is -1.10. The van der Waals surface area contributed by atoms with Crippen LogP contribution in [0.2, 0.25) is 0 Å². The molecule has 7 nitrogen and oxygen atoms in total. The highest BCUT2D eigenvalue weighted by atomic mass is 32.2. The smallest absolute Gasteiger partial charge is 0.260 e. The van der Waals surface area contributed by atoms with Crippen molar-refractivity contribution in [2.75, 3.05) is 0 Å². The average Bonchev–Trinajstić information content (AvgIpc) is 2.49. The molecule has 0 bridgehead atoms. The molecule has 0 aromatic heterocycles. The second kappa shape index (κ2) is 6.64. The van der Waals surface area contributed by atoms with Crippen molar-refractivity contribution in [2.45, 2.75) is 18.2 Å². The molecule has 2 rings (SSSR count). The number of benzene rings is 1. The van der Waals surface area contributed by atoms with Crippen LogP contribution in [-0.2, 0) is 0 Å². The number of hydrazone groups is 1. The van der Waals surface area contributed by atoms with E-state index in [0.717, 1.165) is 11.3 Å². The van der Waals surface area contributed by atoms with Crippen LogP contribution in [0.15, 0.2) is 39.6 Å². The maximum atomic E-state index is 11.2. The Morgan fingerprint density at radius 3 is 2.57 bits per heavy atom. The summed E-state index contributed by atoms with van der Waals surface area (Å²) in [7, 11) is 0. The minimum absolute atomic E-state index is 0.0345. The highest BCUT2D eigenvalue weighted by Gasteiger charge is 2.22. The summed E-state index contributed by atoms with van der Waals surface area (Å²) in [5, 5.41) is 28.5. The summed E-state index contributed by atoms with van der Waals surface area (Å²) < 4.78 is 0. The minimum Gasteiger partial charge on any atom is -0.260 e. The van der Waals surface area contributed by atoms with Gasteiger partial charge in [0.05, 0.1) is 16.6 Å². The van der Waals surface area contributed by atoms with Crippen LogP contribution in [0.25, 0.3) is 0 Å². The van der Waals surface area contributed by atoms with Gasteiger partial charge in [0.2, 0.25) is 6.04 Å². The zero-order valence-electron chi connectivity index (χ0n) is 11.0. The molecule has 0 fully saturated rings. The van der Waals surface area contributed by atoms with Crippen molar-refractivity contribution >= 4 is 28.4 Å². The summed E-state index contributed by atoms with van der Waals surface area (Å²) in [5.74, 6) is 0. The molecule has 1 aliphatic heterocycles. The van der Waals surface area contributed by atoms with E-state index in [9.17, 15) is 4.79 Å². The van der Waals surface area contributed by atoms with E-state index >= 15 is 0 Å². The maximum Gasteiger partial charge on any atom is 0.299 e. The zero-order valence-corrected chi connectivity index (χ0v) is 11.8. The molecule has 0 aliphatic carbocycles. The number of amides is 1. The molecule has 1 amide bonds. The predicted octanol–water partition coefficient (Wildman–Crippen LogP) is 2.74. The Bertz CT molecular complexity index is 668. The van der Waals surface area contributed by atoms with Crippen LogP contribution in [0, 0.1) is 22.7 Å². The molecule has 8 heteroatoms. The molecule has 21 heavy (non-hydrogen) atoms. The number of hydrogen-bond donors (Lipinski definition) is 1. The number of carbonyl (C=O) groups excluding carboxylic acids is 1. The molecular weight excluding hydrogens is 288 g/mol. The van der Waals surface area contributed by atoms with Gasteiger partial charge in [0.25, 0.3) is 5.24 Å². The first-order valence-electron chi connectivity index (χ1n) is 5.98. The lowest BCUT2D eigenvalue weighted by Gasteiger charge is -2.18. The highest BCUT2D eigenvalue weighted by Crippen LogP contribution is 2.23. The van der Waals surface area contributed by atoms with Gasteiger partial charge in [0.15, 0.2) is 0 Å². The van der Waals surface area contributed by atoms with E-state index in [0.29, 0.717) is 5.69 Å². The van der Waals surface area contributed by atoms with E-state index in [-0.39, 0.29) is 10.5 Å². The zero-order chi connectivity index (χ0) is 15.2. The number of carbonyl (C=O) groups is 1. The average molecular weight is 298 g/mol. The van der Waals surface area contributed by atoms with Gasteiger partial charge >= 0.3 is 0 Å². The Morgan fingerprint density at radius 1 is 1.33 bits per heavy atom. The number of hydrogen-bond acceptors (Lipinski definition) is 7. The molecule has 0 spiro atoms. The van der Waals surface area contributed by atoms with Crippen molar-refractivity contribution in [2.24, 2.45) is 15.3 Å². The van der Waals surface area contributed by atoms with E-state index in [2.05, 4.69) is 20.8 Å². The van der Waals surface area contributed by atoms with Crippen molar-refractivity contribution < 1.29 is 4.79 Å². The Morgan fingerprint density at radius 2 is 2.00 bits per heavy atom. The van der Waals surface area contributed by atoms with E-state index < -0.39 is 6.04 Å². The van der Waals surface area contributed by atoms with Crippen LogP contribution < -0.4 is 5.43 Å². The fourth-order valence-corrected chi connectivity index (χ4v) is 2.36. The molecule has 1 aromatic rings. The standard InChI is InChI=1S/C13H10N6OS/c1-8-12(18-19-13(20)21-8)9-2-4-10(5-3-9)16-17-11(6-14)7-15/h2-5,8,11H,1H3,(H,19,20). The summed E-state index contributed by atoms with van der Waals surface area (Å²) >= 11 is 1.17. The first kappa shape index (κ1) is 14.7. The number of nitrogens with one attached hydrogen (secondary N) is 1. The molecule has 1 N–H and O–H groups in total. The van der Waals surface area contributed by atoms with Gasteiger partial charge in [-0.3, -0.25) is 4.79 Å². The first-order chi connectivity index (χ1) is 10.1. The molecule has 0 saturated carbocycles. The molecular formula is C13H10N6OS. The molecule has 1 unspecified atom stereocenters. The van der Waals surface area contributed by atoms with Crippen molar-refractivity contribution in [3.05, 3.63) is 29.8 Å². The van der Waals surface area contributed by atoms with E-state index in [1.165, 1.54) is 11.8 Å². The molecule has 0 radical (unpaired) electrons. The largest absolute Gasteiger partial charge is 0.299 e. The molecule has 1 aliphatic rings. The van der Waals surface area contributed by atoms with E-state index in [4.69, 9.17) is 10.5 Å². The second-order valence-electron chi connectivity index (χ2n) is 4.08. The fourth-order valence-electron chi connectivity index (χ4n) is 1.64. The number of azo groups is 1. The third kappa shape index (κ3) is 3.65. The van der Waals surface area contributed by atoms with Crippen LogP contribution in [-0.4, -0.2) is 22.2 Å². The van der Waals surface area contributed by atoms with Crippen molar-refractivity contribution in [3.8, 4) is 12.1 Å². The monoisotopic (exact) mass is 298 g/mol. The second-order valence-corrected chi connectivity index (χ2v) is 5.39. The number of nitrogens with zero attached hydrogens (tertiary/aromatic N) is 5. The Kier molecular flexibility index (Phi) is 4.64. The van der Waals surface area contributed by atoms with Gasteiger partial charge in [-0.1, -0.05) is 23.9 Å². The van der Waals surface area contributed by atoms with Gasteiger partial charge in [-0.15, -0.1) is 0 Å². The van der Waals surface area contributed by atoms with Crippen LogP contribution in [0.4, 0.5) is 10.5 Å². The Hall–Kier alpha value is -2.71. The highest BCUT2D eigenvalue weighted by molar-refractivity contribution is 8.14. The number of nitriles is 2. The predicted molar refractivity (Wildman–Crippen MR) is 78.1 cm³/mol. The summed E-state index contributed by atoms with van der Waals surface area (Å²) in [6.07, 6.45) is 0. The lowest BCUT2D eigenvalue weighted by atomic mass is 10.1. The van der Waals surface area contributed by atoms with Crippen LogP contribution in [0.3, 0.4) is 0 Å². The topological polar surface area (TPSA) is 114 Å². The SMILES string of the molecule is CC1SC(=O)NN=C1c1ccc(N=NC(C#N)C#N)cc1. The third-order valence-corrected chi connectivity index (χ3v) is 3.52. The van der Waals surface area contributed by atoms with Crippen molar-refractivity contribution in [3.63, 3.8) is 0 Å².